The van der Waals surface area contributed by atoms with Crippen LogP contribution in [0.15, 0.2) is 12.4 Å². The zero-order valence-electron chi connectivity index (χ0n) is 15.5. The van der Waals surface area contributed by atoms with Crippen LogP contribution in [0.3, 0.4) is 0 Å². The van der Waals surface area contributed by atoms with Crippen molar-refractivity contribution >= 4 is 11.8 Å². The maximum atomic E-state index is 10.6. The standard InChI is InChI=1S/C15H24N4O.C2HF3O2/c1-18-8-4-3-5-15(18)6-9-19(10-7-15)13-11-14(20-2)17-12-16-13;3-2(4,5)1(6)7/h11-12H,3-10H2,1-2H3;(H,6,7). The molecule has 0 amide bonds. The Morgan fingerprint density at radius 3 is 2.33 bits per heavy atom. The first-order valence-electron chi connectivity index (χ1n) is 8.80. The molecule has 2 aliphatic heterocycles. The van der Waals surface area contributed by atoms with Crippen molar-refractivity contribution in [2.45, 2.75) is 43.8 Å². The summed E-state index contributed by atoms with van der Waals surface area (Å²) < 4.78 is 36.9. The van der Waals surface area contributed by atoms with E-state index < -0.39 is 12.1 Å². The highest BCUT2D eigenvalue weighted by Gasteiger charge is 2.39. The van der Waals surface area contributed by atoms with Gasteiger partial charge in [0, 0.05) is 24.7 Å². The van der Waals surface area contributed by atoms with Gasteiger partial charge in [-0.2, -0.15) is 13.2 Å². The van der Waals surface area contributed by atoms with Gasteiger partial charge in [0.25, 0.3) is 0 Å². The Balaban J connectivity index is 0.000000321. The molecule has 3 heterocycles. The minimum Gasteiger partial charge on any atom is -0.481 e. The summed E-state index contributed by atoms with van der Waals surface area (Å²) in [5, 5.41) is 7.12. The molecule has 1 N–H and O–H groups in total. The Morgan fingerprint density at radius 1 is 1.19 bits per heavy atom. The SMILES string of the molecule is COc1cc(N2CCC3(CCCCN3C)CC2)ncn1.O=C(O)C(F)(F)F. The van der Waals surface area contributed by atoms with Gasteiger partial charge < -0.3 is 19.6 Å². The van der Waals surface area contributed by atoms with Crippen molar-refractivity contribution in [1.29, 1.82) is 0 Å². The number of aromatic nitrogens is 2. The third-order valence-corrected chi connectivity index (χ3v) is 5.29. The van der Waals surface area contributed by atoms with Gasteiger partial charge in [-0.05, 0) is 39.3 Å². The fraction of sp³-hybridized carbons (Fsp3) is 0.706. The molecule has 27 heavy (non-hydrogen) atoms. The van der Waals surface area contributed by atoms with Crippen molar-refractivity contribution in [2.24, 2.45) is 0 Å². The molecule has 1 aromatic heterocycles. The van der Waals surface area contributed by atoms with E-state index in [0.29, 0.717) is 11.4 Å². The Morgan fingerprint density at radius 2 is 1.81 bits per heavy atom. The number of hydrogen-bond donors (Lipinski definition) is 1. The molecule has 0 radical (unpaired) electrons. The Labute approximate surface area is 156 Å². The number of carbonyl (C=O) groups is 1. The number of likely N-dealkylation sites (tertiary alicyclic amines) is 1. The number of carboxylic acid groups (broad SMARTS) is 1. The molecule has 0 unspecified atom stereocenters. The lowest BCUT2D eigenvalue weighted by Crippen LogP contribution is -2.56. The first-order chi connectivity index (χ1) is 12.7. The van der Waals surface area contributed by atoms with Gasteiger partial charge in [0.05, 0.1) is 7.11 Å². The van der Waals surface area contributed by atoms with Gasteiger partial charge in [0.15, 0.2) is 0 Å². The van der Waals surface area contributed by atoms with Crippen LogP contribution in [-0.4, -0.2) is 71.5 Å². The van der Waals surface area contributed by atoms with E-state index in [4.69, 9.17) is 14.6 Å². The van der Waals surface area contributed by atoms with E-state index >= 15 is 0 Å². The van der Waals surface area contributed by atoms with Crippen molar-refractivity contribution in [3.05, 3.63) is 12.4 Å². The fourth-order valence-electron chi connectivity index (χ4n) is 3.63. The van der Waals surface area contributed by atoms with Crippen molar-refractivity contribution in [2.75, 3.05) is 38.7 Å². The molecule has 2 aliphatic rings. The second-order valence-corrected chi connectivity index (χ2v) is 6.81. The molecule has 1 spiro atoms. The first kappa shape index (κ1) is 21.2. The quantitative estimate of drug-likeness (QED) is 0.831. The first-order valence-corrected chi connectivity index (χ1v) is 8.80. The summed E-state index contributed by atoms with van der Waals surface area (Å²) in [4.78, 5) is 22.3. The van der Waals surface area contributed by atoms with Gasteiger partial charge in [-0.1, -0.05) is 6.42 Å². The maximum Gasteiger partial charge on any atom is 0.490 e. The summed E-state index contributed by atoms with van der Waals surface area (Å²) in [6.07, 6.45) is 3.05. The summed E-state index contributed by atoms with van der Waals surface area (Å²) in [6, 6.07) is 1.93. The Bertz CT molecular complexity index is 634. The van der Waals surface area contributed by atoms with E-state index in [-0.39, 0.29) is 0 Å². The largest absolute Gasteiger partial charge is 0.490 e. The van der Waals surface area contributed by atoms with E-state index in [0.717, 1.165) is 18.9 Å². The van der Waals surface area contributed by atoms with Crippen LogP contribution in [0.1, 0.15) is 32.1 Å². The molecule has 0 saturated carbocycles. The molecule has 0 aliphatic carbocycles. The molecule has 1 aromatic rings. The molecule has 10 heteroatoms. The number of hydrogen-bond acceptors (Lipinski definition) is 6. The van der Waals surface area contributed by atoms with Crippen LogP contribution in [0.2, 0.25) is 0 Å². The predicted molar refractivity (Wildman–Crippen MR) is 92.9 cm³/mol. The molecule has 3 rings (SSSR count). The second kappa shape index (κ2) is 8.73. The average molecular weight is 390 g/mol. The summed E-state index contributed by atoms with van der Waals surface area (Å²) in [7, 11) is 3.94. The van der Waals surface area contributed by atoms with Crippen LogP contribution in [0.25, 0.3) is 0 Å². The number of nitrogens with zero attached hydrogens (tertiary/aromatic N) is 4. The van der Waals surface area contributed by atoms with Gasteiger partial charge in [0.2, 0.25) is 5.88 Å². The normalized spacial score (nSPS) is 20.0. The number of halogens is 3. The van der Waals surface area contributed by atoms with Crippen molar-refractivity contribution in [3.8, 4) is 5.88 Å². The zero-order valence-corrected chi connectivity index (χ0v) is 15.5. The van der Waals surface area contributed by atoms with E-state index in [1.54, 1.807) is 13.4 Å². The van der Waals surface area contributed by atoms with Crippen molar-refractivity contribution in [1.82, 2.24) is 14.9 Å². The lowest BCUT2D eigenvalue weighted by Gasteiger charge is -2.50. The summed E-state index contributed by atoms with van der Waals surface area (Å²) in [5.41, 5.74) is 0.436. The highest BCUT2D eigenvalue weighted by Crippen LogP contribution is 2.37. The van der Waals surface area contributed by atoms with Gasteiger partial charge >= 0.3 is 12.1 Å². The van der Waals surface area contributed by atoms with Gasteiger partial charge in [-0.15, -0.1) is 0 Å². The third-order valence-electron chi connectivity index (χ3n) is 5.29. The molecule has 0 bridgehead atoms. The van der Waals surface area contributed by atoms with E-state index in [2.05, 4.69) is 26.8 Å². The maximum absolute atomic E-state index is 10.6. The molecule has 2 fully saturated rings. The van der Waals surface area contributed by atoms with Crippen LogP contribution in [0.5, 0.6) is 5.88 Å². The number of alkyl halides is 3. The lowest BCUT2D eigenvalue weighted by molar-refractivity contribution is -0.192. The monoisotopic (exact) mass is 390 g/mol. The number of rotatable bonds is 2. The molecule has 152 valence electrons. The van der Waals surface area contributed by atoms with E-state index in [9.17, 15) is 13.2 Å². The minimum absolute atomic E-state index is 0.436. The highest BCUT2D eigenvalue weighted by atomic mass is 19.4. The fourth-order valence-corrected chi connectivity index (χ4v) is 3.63. The van der Waals surface area contributed by atoms with Gasteiger partial charge in [0.1, 0.15) is 12.1 Å². The predicted octanol–water partition coefficient (Wildman–Crippen LogP) is 2.57. The van der Waals surface area contributed by atoms with E-state index in [1.807, 2.05) is 6.07 Å². The van der Waals surface area contributed by atoms with Crippen molar-refractivity contribution in [3.63, 3.8) is 0 Å². The average Bonchev–Trinajstić information content (AvgIpc) is 2.65. The number of anilines is 1. The van der Waals surface area contributed by atoms with Crippen LogP contribution in [-0.2, 0) is 4.79 Å². The Kier molecular flexibility index (Phi) is 6.85. The van der Waals surface area contributed by atoms with Crippen LogP contribution in [0.4, 0.5) is 19.0 Å². The topological polar surface area (TPSA) is 78.8 Å². The summed E-state index contributed by atoms with van der Waals surface area (Å²) in [6.45, 7) is 3.40. The summed E-state index contributed by atoms with van der Waals surface area (Å²) >= 11 is 0. The molecular weight excluding hydrogens is 365 g/mol. The van der Waals surface area contributed by atoms with Gasteiger partial charge in [-0.3, -0.25) is 0 Å². The highest BCUT2D eigenvalue weighted by molar-refractivity contribution is 5.73. The zero-order chi connectivity index (χ0) is 20.1. The number of methoxy groups -OCH3 is 1. The molecule has 0 aromatic carbocycles. The molecule has 7 nitrogen and oxygen atoms in total. The molecule has 0 atom stereocenters. The summed E-state index contributed by atoms with van der Waals surface area (Å²) in [5.74, 6) is -1.12. The number of carboxylic acids is 1. The van der Waals surface area contributed by atoms with Crippen LogP contribution >= 0.6 is 0 Å². The third kappa shape index (κ3) is 5.44. The Hall–Kier alpha value is -2.10. The number of ether oxygens (including phenoxy) is 1. The number of aliphatic carboxylic acids is 1. The van der Waals surface area contributed by atoms with Crippen molar-refractivity contribution < 1.29 is 27.8 Å². The van der Waals surface area contributed by atoms with Gasteiger partial charge in [-0.25, -0.2) is 14.8 Å². The smallest absolute Gasteiger partial charge is 0.481 e. The second-order valence-electron chi connectivity index (χ2n) is 6.81. The van der Waals surface area contributed by atoms with Crippen LogP contribution < -0.4 is 9.64 Å². The lowest BCUT2D eigenvalue weighted by atomic mass is 9.79. The minimum atomic E-state index is -5.08. The molecule has 2 saturated heterocycles. The van der Waals surface area contributed by atoms with Crippen LogP contribution in [0, 0.1) is 0 Å². The van der Waals surface area contributed by atoms with E-state index in [1.165, 1.54) is 38.6 Å². The number of piperidine rings is 2. The molecular formula is C17H25F3N4O3.